The van der Waals surface area contributed by atoms with E-state index in [-0.39, 0.29) is 12.6 Å². The van der Waals surface area contributed by atoms with E-state index in [0.29, 0.717) is 32.6 Å². The highest BCUT2D eigenvalue weighted by Crippen LogP contribution is 2.05. The maximum Gasteiger partial charge on any atom is 0.407 e. The normalized spacial score (nSPS) is 9.97. The summed E-state index contributed by atoms with van der Waals surface area (Å²) in [5.41, 5.74) is 2.77. The maximum absolute atomic E-state index is 11.8. The van der Waals surface area contributed by atoms with Gasteiger partial charge in [0, 0.05) is 26.2 Å². The van der Waals surface area contributed by atoms with E-state index < -0.39 is 12.2 Å². The van der Waals surface area contributed by atoms with Crippen molar-refractivity contribution in [3.63, 3.8) is 0 Å². The number of nitrogens with one attached hydrogen (secondary N) is 4. The summed E-state index contributed by atoms with van der Waals surface area (Å²) >= 11 is 0. The molecule has 9 heteroatoms. The van der Waals surface area contributed by atoms with E-state index >= 15 is 0 Å². The first kappa shape index (κ1) is 23.5. The lowest BCUT2D eigenvalue weighted by molar-refractivity contribution is 0.144. The Balaban J connectivity index is 1.55. The number of carbonyl (C=O) groups excluding carboxylic acids is 3. The Morgan fingerprint density at radius 1 is 0.742 bits per heavy atom. The molecule has 0 aliphatic carbocycles. The van der Waals surface area contributed by atoms with E-state index in [9.17, 15) is 14.4 Å². The minimum absolute atomic E-state index is 0.188. The van der Waals surface area contributed by atoms with Gasteiger partial charge in [-0.2, -0.15) is 0 Å². The number of urea groups is 1. The second-order valence-corrected chi connectivity index (χ2v) is 6.60. The Kier molecular flexibility index (Phi) is 10.2. The van der Waals surface area contributed by atoms with Crippen LogP contribution < -0.4 is 21.3 Å². The Bertz CT molecular complexity index is 845. The van der Waals surface area contributed by atoms with Crippen LogP contribution in [0.25, 0.3) is 0 Å². The minimum Gasteiger partial charge on any atom is -0.453 e. The van der Waals surface area contributed by atoms with Gasteiger partial charge in [0.15, 0.2) is 0 Å². The number of amides is 4. The van der Waals surface area contributed by atoms with Gasteiger partial charge in [0.05, 0.1) is 13.7 Å². The number of ether oxygens (including phenoxy) is 2. The van der Waals surface area contributed by atoms with Crippen molar-refractivity contribution in [1.29, 1.82) is 0 Å². The first-order valence-electron chi connectivity index (χ1n) is 9.92. The summed E-state index contributed by atoms with van der Waals surface area (Å²) in [6.45, 7) is 1.66. The molecule has 0 aliphatic rings. The van der Waals surface area contributed by atoms with Crippen molar-refractivity contribution < 1.29 is 23.9 Å². The number of hydrogen-bond acceptors (Lipinski definition) is 5. The topological polar surface area (TPSA) is 118 Å². The van der Waals surface area contributed by atoms with Crippen molar-refractivity contribution in [3.8, 4) is 0 Å². The van der Waals surface area contributed by atoms with Crippen LogP contribution in [0.2, 0.25) is 0 Å². The molecule has 0 saturated heterocycles. The van der Waals surface area contributed by atoms with Crippen molar-refractivity contribution in [1.82, 2.24) is 21.3 Å². The molecular formula is C22H28N4O5. The average Bonchev–Trinajstić information content (AvgIpc) is 2.80. The molecule has 4 amide bonds. The number of benzene rings is 2. The van der Waals surface area contributed by atoms with Crippen molar-refractivity contribution in [2.24, 2.45) is 0 Å². The van der Waals surface area contributed by atoms with Crippen LogP contribution in [-0.2, 0) is 29.1 Å². The number of methoxy groups -OCH3 is 1. The van der Waals surface area contributed by atoms with Gasteiger partial charge in [-0.15, -0.1) is 0 Å². The van der Waals surface area contributed by atoms with Crippen LogP contribution in [0.1, 0.15) is 23.1 Å². The fraction of sp³-hybridized carbons (Fsp3) is 0.318. The van der Waals surface area contributed by atoms with Crippen LogP contribution in [0.3, 0.4) is 0 Å². The molecule has 0 spiro atoms. The molecule has 0 unspecified atom stereocenters. The summed E-state index contributed by atoms with van der Waals surface area (Å²) in [5.74, 6) is 0. The Morgan fingerprint density at radius 3 is 2.03 bits per heavy atom. The van der Waals surface area contributed by atoms with Crippen molar-refractivity contribution in [2.45, 2.75) is 26.1 Å². The molecule has 2 rings (SSSR count). The van der Waals surface area contributed by atoms with Crippen LogP contribution in [0.5, 0.6) is 0 Å². The molecule has 0 bridgehead atoms. The third-order valence-electron chi connectivity index (χ3n) is 4.19. The van der Waals surface area contributed by atoms with Crippen LogP contribution in [0.15, 0.2) is 54.6 Å². The molecule has 166 valence electrons. The van der Waals surface area contributed by atoms with Gasteiger partial charge in [-0.3, -0.25) is 0 Å². The lowest BCUT2D eigenvalue weighted by atomic mass is 10.1. The van der Waals surface area contributed by atoms with Gasteiger partial charge >= 0.3 is 18.2 Å². The third kappa shape index (κ3) is 10.0. The summed E-state index contributed by atoms with van der Waals surface area (Å²) in [6, 6.07) is 16.8. The van der Waals surface area contributed by atoms with Gasteiger partial charge in [-0.25, -0.2) is 14.4 Å². The zero-order chi connectivity index (χ0) is 22.3. The fourth-order valence-electron chi connectivity index (χ4n) is 2.60. The fourth-order valence-corrected chi connectivity index (χ4v) is 2.60. The minimum atomic E-state index is -0.536. The number of rotatable bonds is 10. The summed E-state index contributed by atoms with van der Waals surface area (Å²) in [5, 5.41) is 10.7. The van der Waals surface area contributed by atoms with E-state index in [0.717, 1.165) is 16.7 Å². The van der Waals surface area contributed by atoms with E-state index in [1.165, 1.54) is 7.11 Å². The van der Waals surface area contributed by atoms with Crippen molar-refractivity contribution in [3.05, 3.63) is 71.3 Å². The van der Waals surface area contributed by atoms with E-state index in [2.05, 4.69) is 26.0 Å². The molecule has 2 aromatic carbocycles. The summed E-state index contributed by atoms with van der Waals surface area (Å²) in [7, 11) is 1.30. The van der Waals surface area contributed by atoms with Gasteiger partial charge in [0.2, 0.25) is 0 Å². The summed E-state index contributed by atoms with van der Waals surface area (Å²) in [4.78, 5) is 34.7. The quantitative estimate of drug-likeness (QED) is 0.434. The maximum atomic E-state index is 11.8. The largest absolute Gasteiger partial charge is 0.453 e. The monoisotopic (exact) mass is 428 g/mol. The predicted molar refractivity (Wildman–Crippen MR) is 115 cm³/mol. The molecule has 0 aliphatic heterocycles. The van der Waals surface area contributed by atoms with Gasteiger partial charge in [0.25, 0.3) is 0 Å². The van der Waals surface area contributed by atoms with E-state index in [4.69, 9.17) is 4.74 Å². The van der Waals surface area contributed by atoms with Gasteiger partial charge in [-0.05, 0) is 23.1 Å². The standard InChI is InChI=1S/C22H28N4O5/c1-30-21(28)25-15-18-9-5-10-19(13-18)16-26-22(29)31-12-6-11-23-20(27)24-14-17-7-3-2-4-8-17/h2-5,7-10,13H,6,11-12,14-16H2,1H3,(H,25,28)(H,26,29)(H2,23,24,27). The molecule has 31 heavy (non-hydrogen) atoms. The highest BCUT2D eigenvalue weighted by Gasteiger charge is 2.05. The first-order valence-corrected chi connectivity index (χ1v) is 9.92. The Morgan fingerprint density at radius 2 is 1.35 bits per heavy atom. The zero-order valence-corrected chi connectivity index (χ0v) is 17.5. The molecule has 0 radical (unpaired) electrons. The molecular weight excluding hydrogens is 400 g/mol. The molecule has 0 atom stereocenters. The Hall–Kier alpha value is -3.75. The highest BCUT2D eigenvalue weighted by atomic mass is 16.5. The van der Waals surface area contributed by atoms with Crippen LogP contribution in [0.4, 0.5) is 14.4 Å². The molecule has 9 nitrogen and oxygen atoms in total. The SMILES string of the molecule is COC(=O)NCc1cccc(CNC(=O)OCCCNC(=O)NCc2ccccc2)c1. The molecule has 0 saturated carbocycles. The van der Waals surface area contributed by atoms with E-state index in [1.807, 2.05) is 54.6 Å². The summed E-state index contributed by atoms with van der Waals surface area (Å²) < 4.78 is 9.63. The second kappa shape index (κ2) is 13.5. The first-order chi connectivity index (χ1) is 15.1. The average molecular weight is 428 g/mol. The molecule has 0 aromatic heterocycles. The van der Waals surface area contributed by atoms with Gasteiger partial charge < -0.3 is 30.7 Å². The van der Waals surface area contributed by atoms with Crippen LogP contribution >= 0.6 is 0 Å². The number of alkyl carbamates (subject to hydrolysis) is 2. The third-order valence-corrected chi connectivity index (χ3v) is 4.19. The van der Waals surface area contributed by atoms with Crippen molar-refractivity contribution in [2.75, 3.05) is 20.3 Å². The van der Waals surface area contributed by atoms with Gasteiger partial charge in [-0.1, -0.05) is 54.6 Å². The lowest BCUT2D eigenvalue weighted by Gasteiger charge is -2.10. The smallest absolute Gasteiger partial charge is 0.407 e. The van der Waals surface area contributed by atoms with Gasteiger partial charge in [0.1, 0.15) is 0 Å². The lowest BCUT2D eigenvalue weighted by Crippen LogP contribution is -2.36. The second-order valence-electron chi connectivity index (χ2n) is 6.60. The predicted octanol–water partition coefficient (Wildman–Crippen LogP) is 2.66. The van der Waals surface area contributed by atoms with Crippen molar-refractivity contribution >= 4 is 18.2 Å². The Labute approximate surface area is 181 Å². The molecule has 2 aromatic rings. The number of carbonyl (C=O) groups is 3. The highest BCUT2D eigenvalue weighted by molar-refractivity contribution is 5.73. The zero-order valence-electron chi connectivity index (χ0n) is 17.5. The van der Waals surface area contributed by atoms with E-state index in [1.54, 1.807) is 0 Å². The number of hydrogen-bond donors (Lipinski definition) is 4. The summed E-state index contributed by atoms with van der Waals surface area (Å²) in [6.07, 6.45) is -0.539. The molecule has 0 fully saturated rings. The van der Waals surface area contributed by atoms with Crippen LogP contribution in [-0.4, -0.2) is 38.5 Å². The molecule has 0 heterocycles. The molecule has 4 N–H and O–H groups in total. The van der Waals surface area contributed by atoms with Crippen LogP contribution in [0, 0.1) is 0 Å².